The van der Waals surface area contributed by atoms with Crippen LogP contribution in [0.5, 0.6) is 34.5 Å². The second-order valence-electron chi connectivity index (χ2n) is 7.06. The highest BCUT2D eigenvalue weighted by molar-refractivity contribution is 6.04. The molecule has 0 unspecified atom stereocenters. The van der Waals surface area contributed by atoms with Crippen molar-refractivity contribution in [3.05, 3.63) is 103 Å². The Morgan fingerprint density at radius 1 is 0.515 bits per heavy atom. The standard InChI is InChI=1S/C27H23NO5/c1-30-21-11-15-25(16-12-21)32-23-7-3-19(4-8-23)27(29)28-20-5-9-24(10-6-20)33-26-17-13-22(31-2)14-18-26/h3-18H,1-2H3,(H,28,29). The molecule has 6 nitrogen and oxygen atoms in total. The van der Waals surface area contributed by atoms with E-state index in [4.69, 9.17) is 18.9 Å². The Morgan fingerprint density at radius 3 is 1.24 bits per heavy atom. The average Bonchev–Trinajstić information content (AvgIpc) is 2.86. The molecule has 0 atom stereocenters. The summed E-state index contributed by atoms with van der Waals surface area (Å²) >= 11 is 0. The normalized spacial score (nSPS) is 10.2. The summed E-state index contributed by atoms with van der Waals surface area (Å²) < 4.78 is 21.9. The maximum atomic E-state index is 12.6. The third-order valence-electron chi connectivity index (χ3n) is 4.82. The Hall–Kier alpha value is -4.45. The minimum Gasteiger partial charge on any atom is -0.497 e. The molecule has 1 N–H and O–H groups in total. The van der Waals surface area contributed by atoms with Gasteiger partial charge in [0.15, 0.2) is 0 Å². The van der Waals surface area contributed by atoms with Crippen molar-refractivity contribution in [2.45, 2.75) is 0 Å². The number of carbonyl (C=O) groups excluding carboxylic acids is 1. The van der Waals surface area contributed by atoms with Crippen LogP contribution in [0.15, 0.2) is 97.1 Å². The Morgan fingerprint density at radius 2 is 0.848 bits per heavy atom. The molecular formula is C27H23NO5. The number of amides is 1. The molecule has 33 heavy (non-hydrogen) atoms. The molecule has 0 saturated carbocycles. The lowest BCUT2D eigenvalue weighted by Gasteiger charge is -2.10. The van der Waals surface area contributed by atoms with Gasteiger partial charge in [-0.25, -0.2) is 0 Å². The maximum absolute atomic E-state index is 12.6. The molecule has 0 spiro atoms. The fourth-order valence-corrected chi connectivity index (χ4v) is 3.04. The summed E-state index contributed by atoms with van der Waals surface area (Å²) in [4.78, 5) is 12.6. The Balaban J connectivity index is 1.33. The molecule has 166 valence electrons. The molecule has 4 aromatic rings. The molecule has 0 aromatic heterocycles. The predicted molar refractivity (Wildman–Crippen MR) is 127 cm³/mol. The summed E-state index contributed by atoms with van der Waals surface area (Å²) in [7, 11) is 3.23. The first-order valence-corrected chi connectivity index (χ1v) is 10.3. The second kappa shape index (κ2) is 10.2. The third-order valence-corrected chi connectivity index (χ3v) is 4.82. The summed E-state index contributed by atoms with van der Waals surface area (Å²) in [5.74, 6) is 4.00. The van der Waals surface area contributed by atoms with E-state index in [1.807, 2.05) is 48.5 Å². The summed E-state index contributed by atoms with van der Waals surface area (Å²) in [6.45, 7) is 0. The molecular weight excluding hydrogens is 418 g/mol. The SMILES string of the molecule is COc1ccc(Oc2ccc(NC(=O)c3ccc(Oc4ccc(OC)cc4)cc3)cc2)cc1. The van der Waals surface area contributed by atoms with Crippen molar-refractivity contribution in [2.75, 3.05) is 19.5 Å². The van der Waals surface area contributed by atoms with E-state index < -0.39 is 0 Å². The van der Waals surface area contributed by atoms with E-state index in [-0.39, 0.29) is 5.91 Å². The van der Waals surface area contributed by atoms with E-state index in [2.05, 4.69) is 5.32 Å². The number of ether oxygens (including phenoxy) is 4. The highest BCUT2D eigenvalue weighted by Gasteiger charge is 2.08. The van der Waals surface area contributed by atoms with Crippen LogP contribution >= 0.6 is 0 Å². The fourth-order valence-electron chi connectivity index (χ4n) is 3.04. The fraction of sp³-hybridized carbons (Fsp3) is 0.0741. The van der Waals surface area contributed by atoms with Crippen molar-refractivity contribution in [3.63, 3.8) is 0 Å². The molecule has 0 bridgehead atoms. The lowest BCUT2D eigenvalue weighted by molar-refractivity contribution is 0.102. The van der Waals surface area contributed by atoms with Gasteiger partial charge >= 0.3 is 0 Å². The Labute approximate surface area is 192 Å². The minimum atomic E-state index is -0.213. The monoisotopic (exact) mass is 441 g/mol. The molecule has 0 aliphatic heterocycles. The minimum absolute atomic E-state index is 0.213. The Kier molecular flexibility index (Phi) is 6.75. The highest BCUT2D eigenvalue weighted by Crippen LogP contribution is 2.26. The molecule has 4 rings (SSSR count). The van der Waals surface area contributed by atoms with Gasteiger partial charge in [-0.3, -0.25) is 4.79 Å². The lowest BCUT2D eigenvalue weighted by Crippen LogP contribution is -2.11. The highest BCUT2D eigenvalue weighted by atomic mass is 16.5. The van der Waals surface area contributed by atoms with Crippen LogP contribution in [-0.4, -0.2) is 20.1 Å². The molecule has 0 saturated heterocycles. The maximum Gasteiger partial charge on any atom is 0.255 e. The number of anilines is 1. The molecule has 6 heteroatoms. The molecule has 0 aliphatic rings. The Bertz CT molecular complexity index is 1190. The largest absolute Gasteiger partial charge is 0.497 e. The smallest absolute Gasteiger partial charge is 0.255 e. The van der Waals surface area contributed by atoms with Gasteiger partial charge < -0.3 is 24.3 Å². The van der Waals surface area contributed by atoms with Crippen LogP contribution in [-0.2, 0) is 0 Å². The predicted octanol–water partition coefficient (Wildman–Crippen LogP) is 6.54. The lowest BCUT2D eigenvalue weighted by atomic mass is 10.2. The quantitative estimate of drug-likeness (QED) is 0.336. The zero-order valence-corrected chi connectivity index (χ0v) is 18.3. The first-order chi connectivity index (χ1) is 16.1. The van der Waals surface area contributed by atoms with Gasteiger partial charge in [-0.05, 0) is 97.1 Å². The molecule has 4 aromatic carbocycles. The van der Waals surface area contributed by atoms with E-state index in [1.54, 1.807) is 62.8 Å². The number of nitrogens with one attached hydrogen (secondary N) is 1. The van der Waals surface area contributed by atoms with Gasteiger partial charge in [0.2, 0.25) is 0 Å². The number of carbonyl (C=O) groups is 1. The molecule has 0 fully saturated rings. The first kappa shape index (κ1) is 21.8. The van der Waals surface area contributed by atoms with E-state index in [0.29, 0.717) is 34.2 Å². The van der Waals surface area contributed by atoms with E-state index in [9.17, 15) is 4.79 Å². The van der Waals surface area contributed by atoms with Gasteiger partial charge in [0.1, 0.15) is 34.5 Å². The van der Waals surface area contributed by atoms with Gasteiger partial charge in [0.05, 0.1) is 14.2 Å². The van der Waals surface area contributed by atoms with Crippen LogP contribution < -0.4 is 24.3 Å². The van der Waals surface area contributed by atoms with Gasteiger partial charge in [-0.15, -0.1) is 0 Å². The second-order valence-corrected chi connectivity index (χ2v) is 7.06. The number of hydrogen-bond donors (Lipinski definition) is 1. The third kappa shape index (κ3) is 5.83. The van der Waals surface area contributed by atoms with E-state index in [0.717, 1.165) is 11.5 Å². The van der Waals surface area contributed by atoms with Gasteiger partial charge in [0.25, 0.3) is 5.91 Å². The van der Waals surface area contributed by atoms with Gasteiger partial charge in [-0.2, -0.15) is 0 Å². The van der Waals surface area contributed by atoms with Crippen molar-refractivity contribution in [1.29, 1.82) is 0 Å². The van der Waals surface area contributed by atoms with Crippen LogP contribution in [0.1, 0.15) is 10.4 Å². The van der Waals surface area contributed by atoms with E-state index in [1.165, 1.54) is 0 Å². The summed E-state index contributed by atoms with van der Waals surface area (Å²) in [6.07, 6.45) is 0. The van der Waals surface area contributed by atoms with E-state index >= 15 is 0 Å². The summed E-state index contributed by atoms with van der Waals surface area (Å²) in [6, 6.07) is 28.7. The zero-order chi connectivity index (χ0) is 23.0. The van der Waals surface area contributed by atoms with Crippen LogP contribution in [0, 0.1) is 0 Å². The molecule has 0 radical (unpaired) electrons. The van der Waals surface area contributed by atoms with Crippen molar-refractivity contribution in [1.82, 2.24) is 0 Å². The van der Waals surface area contributed by atoms with Crippen LogP contribution in [0.2, 0.25) is 0 Å². The summed E-state index contributed by atoms with van der Waals surface area (Å²) in [5.41, 5.74) is 1.19. The molecule has 0 heterocycles. The van der Waals surface area contributed by atoms with Gasteiger partial charge in [-0.1, -0.05) is 0 Å². The van der Waals surface area contributed by atoms with Crippen molar-refractivity contribution in [2.24, 2.45) is 0 Å². The van der Waals surface area contributed by atoms with Crippen LogP contribution in [0.3, 0.4) is 0 Å². The van der Waals surface area contributed by atoms with Crippen molar-refractivity contribution < 1.29 is 23.7 Å². The topological polar surface area (TPSA) is 66.0 Å². The first-order valence-electron chi connectivity index (χ1n) is 10.3. The van der Waals surface area contributed by atoms with Crippen molar-refractivity contribution in [3.8, 4) is 34.5 Å². The molecule has 0 aliphatic carbocycles. The number of benzene rings is 4. The zero-order valence-electron chi connectivity index (χ0n) is 18.3. The van der Waals surface area contributed by atoms with Crippen LogP contribution in [0.4, 0.5) is 5.69 Å². The number of methoxy groups -OCH3 is 2. The average molecular weight is 441 g/mol. The van der Waals surface area contributed by atoms with Gasteiger partial charge in [0, 0.05) is 11.3 Å². The number of hydrogen-bond acceptors (Lipinski definition) is 5. The van der Waals surface area contributed by atoms with Crippen molar-refractivity contribution >= 4 is 11.6 Å². The number of rotatable bonds is 8. The van der Waals surface area contributed by atoms with Crippen LogP contribution in [0.25, 0.3) is 0 Å². The summed E-state index contributed by atoms with van der Waals surface area (Å²) in [5, 5.41) is 2.88. The molecule has 1 amide bonds.